The molecule has 3 aromatic rings. The molecule has 0 bridgehead atoms. The monoisotopic (exact) mass is 385 g/mol. The van der Waals surface area contributed by atoms with E-state index in [9.17, 15) is 4.79 Å². The number of aryl methyl sites for hydroxylation is 2. The molecular formula is C19H23N5O2S. The van der Waals surface area contributed by atoms with Crippen molar-refractivity contribution in [2.24, 2.45) is 0 Å². The van der Waals surface area contributed by atoms with Crippen LogP contribution in [0.3, 0.4) is 0 Å². The normalized spacial score (nSPS) is 15.2. The molecule has 4 heterocycles. The molecule has 0 saturated carbocycles. The minimum Gasteiger partial charge on any atom is -0.360 e. The van der Waals surface area contributed by atoms with Crippen LogP contribution in [0.4, 0.5) is 5.13 Å². The molecule has 7 nitrogen and oxygen atoms in total. The number of hydrogen-bond donors (Lipinski definition) is 2. The molecular weight excluding hydrogens is 362 g/mol. The summed E-state index contributed by atoms with van der Waals surface area (Å²) in [5.41, 5.74) is 2.38. The minimum atomic E-state index is -0.152. The molecule has 1 saturated heterocycles. The van der Waals surface area contributed by atoms with Gasteiger partial charge >= 0.3 is 0 Å². The number of nitrogens with one attached hydrogen (secondary N) is 2. The van der Waals surface area contributed by atoms with Gasteiger partial charge in [0.25, 0.3) is 5.91 Å². The van der Waals surface area contributed by atoms with Crippen molar-refractivity contribution in [1.82, 2.24) is 20.0 Å². The number of piperidine rings is 1. The SMILES string of the molecule is Cc1cc(-n2c(C)cc(C(=O)Nc3ncc(C4CCNCC4)s3)c2C)no1. The Morgan fingerprint density at radius 1 is 1.30 bits per heavy atom. The van der Waals surface area contributed by atoms with E-state index in [1.807, 2.05) is 43.7 Å². The molecule has 0 atom stereocenters. The van der Waals surface area contributed by atoms with Crippen LogP contribution in [0, 0.1) is 20.8 Å². The predicted octanol–water partition coefficient (Wildman–Crippen LogP) is 3.57. The van der Waals surface area contributed by atoms with Gasteiger partial charge in [-0.1, -0.05) is 5.16 Å². The third-order valence-corrected chi connectivity index (χ3v) is 6.08. The van der Waals surface area contributed by atoms with Crippen LogP contribution in [-0.4, -0.2) is 33.7 Å². The van der Waals surface area contributed by atoms with E-state index in [2.05, 4.69) is 20.8 Å². The third-order valence-electron chi connectivity index (χ3n) is 5.01. The molecule has 4 rings (SSSR count). The Hall–Kier alpha value is -2.45. The van der Waals surface area contributed by atoms with Gasteiger partial charge in [-0.25, -0.2) is 4.98 Å². The van der Waals surface area contributed by atoms with E-state index in [-0.39, 0.29) is 5.91 Å². The van der Waals surface area contributed by atoms with Crippen molar-refractivity contribution in [3.05, 3.63) is 45.9 Å². The van der Waals surface area contributed by atoms with Crippen molar-refractivity contribution in [3.8, 4) is 5.82 Å². The summed E-state index contributed by atoms with van der Waals surface area (Å²) >= 11 is 1.57. The van der Waals surface area contributed by atoms with Crippen LogP contribution in [0.15, 0.2) is 22.9 Å². The first-order chi connectivity index (χ1) is 13.0. The zero-order valence-corrected chi connectivity index (χ0v) is 16.5. The zero-order chi connectivity index (χ0) is 19.0. The van der Waals surface area contributed by atoms with Crippen molar-refractivity contribution < 1.29 is 9.32 Å². The van der Waals surface area contributed by atoms with E-state index >= 15 is 0 Å². The average molecular weight is 385 g/mol. The van der Waals surface area contributed by atoms with Crippen LogP contribution < -0.4 is 10.6 Å². The summed E-state index contributed by atoms with van der Waals surface area (Å²) < 4.78 is 7.09. The number of anilines is 1. The Bertz CT molecular complexity index is 965. The Balaban J connectivity index is 1.53. The molecule has 2 N–H and O–H groups in total. The molecule has 0 aliphatic carbocycles. The van der Waals surface area contributed by atoms with Crippen molar-refractivity contribution in [1.29, 1.82) is 0 Å². The van der Waals surface area contributed by atoms with Crippen molar-refractivity contribution in [2.45, 2.75) is 39.5 Å². The van der Waals surface area contributed by atoms with E-state index < -0.39 is 0 Å². The lowest BCUT2D eigenvalue weighted by Gasteiger charge is -2.20. The molecule has 0 radical (unpaired) electrons. The van der Waals surface area contributed by atoms with Crippen LogP contribution in [0.1, 0.15) is 51.1 Å². The summed E-state index contributed by atoms with van der Waals surface area (Å²) in [7, 11) is 0. The first-order valence-corrected chi connectivity index (χ1v) is 9.95. The second-order valence-electron chi connectivity index (χ2n) is 6.96. The van der Waals surface area contributed by atoms with Crippen molar-refractivity contribution >= 4 is 22.4 Å². The standard InChI is InChI=1S/C19H23N5O2S/c1-11-8-15(13(3)24(11)17-9-12(2)26-23-17)18(25)22-19-21-10-16(27-19)14-4-6-20-7-5-14/h8-10,14,20H,4-7H2,1-3H3,(H,21,22,25). The third kappa shape index (κ3) is 3.54. The molecule has 1 aliphatic heterocycles. The highest BCUT2D eigenvalue weighted by Crippen LogP contribution is 2.32. The predicted molar refractivity (Wildman–Crippen MR) is 105 cm³/mol. The molecule has 3 aromatic heterocycles. The van der Waals surface area contributed by atoms with Crippen molar-refractivity contribution in [3.63, 3.8) is 0 Å². The number of amides is 1. The number of carbonyl (C=O) groups excluding carboxylic acids is 1. The Morgan fingerprint density at radius 3 is 2.78 bits per heavy atom. The number of nitrogens with zero attached hydrogens (tertiary/aromatic N) is 3. The quantitative estimate of drug-likeness (QED) is 0.717. The summed E-state index contributed by atoms with van der Waals surface area (Å²) in [5.74, 6) is 1.80. The Morgan fingerprint density at radius 2 is 2.07 bits per heavy atom. The smallest absolute Gasteiger partial charge is 0.259 e. The molecule has 0 unspecified atom stereocenters. The first kappa shape index (κ1) is 17.9. The van der Waals surface area contributed by atoms with Gasteiger partial charge in [0.2, 0.25) is 0 Å². The van der Waals surface area contributed by atoms with E-state index in [1.54, 1.807) is 11.3 Å². The maximum Gasteiger partial charge on any atom is 0.259 e. The fourth-order valence-corrected chi connectivity index (χ4v) is 4.59. The van der Waals surface area contributed by atoms with E-state index in [4.69, 9.17) is 4.52 Å². The summed E-state index contributed by atoms with van der Waals surface area (Å²) in [6.45, 7) is 7.79. The van der Waals surface area contributed by atoms with Gasteiger partial charge in [-0.2, -0.15) is 0 Å². The van der Waals surface area contributed by atoms with Crippen LogP contribution >= 0.6 is 11.3 Å². The summed E-state index contributed by atoms with van der Waals surface area (Å²) in [6.07, 6.45) is 4.14. The van der Waals surface area contributed by atoms with Gasteiger partial charge in [-0.15, -0.1) is 11.3 Å². The van der Waals surface area contributed by atoms with Gasteiger partial charge in [0, 0.05) is 28.5 Å². The maximum absolute atomic E-state index is 12.8. The Labute approximate surface area is 161 Å². The highest BCUT2D eigenvalue weighted by Gasteiger charge is 2.21. The van der Waals surface area contributed by atoms with Crippen LogP contribution in [0.2, 0.25) is 0 Å². The summed E-state index contributed by atoms with van der Waals surface area (Å²) in [4.78, 5) is 18.5. The highest BCUT2D eigenvalue weighted by molar-refractivity contribution is 7.15. The van der Waals surface area contributed by atoms with Gasteiger partial charge in [0.1, 0.15) is 5.76 Å². The molecule has 0 aromatic carbocycles. The molecule has 1 aliphatic rings. The molecule has 0 spiro atoms. The molecule has 27 heavy (non-hydrogen) atoms. The second-order valence-corrected chi connectivity index (χ2v) is 8.02. The van der Waals surface area contributed by atoms with Gasteiger partial charge in [-0.3, -0.25) is 14.7 Å². The van der Waals surface area contributed by atoms with Gasteiger partial charge in [0.15, 0.2) is 10.9 Å². The number of carbonyl (C=O) groups is 1. The number of rotatable bonds is 4. The van der Waals surface area contributed by atoms with E-state index in [1.165, 1.54) is 4.88 Å². The van der Waals surface area contributed by atoms with E-state index in [0.29, 0.717) is 22.4 Å². The zero-order valence-electron chi connectivity index (χ0n) is 15.7. The summed E-state index contributed by atoms with van der Waals surface area (Å²) in [6, 6.07) is 3.73. The van der Waals surface area contributed by atoms with Crippen LogP contribution in [0.5, 0.6) is 0 Å². The number of thiazole rings is 1. The topological polar surface area (TPSA) is 85.0 Å². The molecule has 1 fully saturated rings. The Kier molecular flexibility index (Phi) is 4.84. The average Bonchev–Trinajstić information content (AvgIpc) is 3.36. The lowest BCUT2D eigenvalue weighted by Crippen LogP contribution is -2.26. The van der Waals surface area contributed by atoms with Crippen LogP contribution in [0.25, 0.3) is 5.82 Å². The van der Waals surface area contributed by atoms with Crippen molar-refractivity contribution in [2.75, 3.05) is 18.4 Å². The fourth-order valence-electron chi connectivity index (χ4n) is 3.61. The highest BCUT2D eigenvalue weighted by atomic mass is 32.1. The first-order valence-electron chi connectivity index (χ1n) is 9.13. The van der Waals surface area contributed by atoms with Gasteiger partial charge < -0.3 is 9.84 Å². The number of aromatic nitrogens is 3. The van der Waals surface area contributed by atoms with Gasteiger partial charge in [-0.05, 0) is 58.7 Å². The lowest BCUT2D eigenvalue weighted by molar-refractivity contribution is 0.102. The lowest BCUT2D eigenvalue weighted by atomic mass is 9.97. The van der Waals surface area contributed by atoms with Gasteiger partial charge in [0.05, 0.1) is 5.56 Å². The van der Waals surface area contributed by atoms with E-state index in [0.717, 1.165) is 43.1 Å². The molecule has 142 valence electrons. The van der Waals surface area contributed by atoms with Crippen LogP contribution in [-0.2, 0) is 0 Å². The fraction of sp³-hybridized carbons (Fsp3) is 0.421. The largest absolute Gasteiger partial charge is 0.360 e. The molecule has 8 heteroatoms. The second kappa shape index (κ2) is 7.28. The number of hydrogen-bond acceptors (Lipinski definition) is 6. The minimum absolute atomic E-state index is 0.152. The summed E-state index contributed by atoms with van der Waals surface area (Å²) in [5, 5.41) is 11.0. The maximum atomic E-state index is 12.8. The molecule has 1 amide bonds.